The molecular formula is C37H23N3O. The lowest BCUT2D eigenvalue weighted by Crippen LogP contribution is -2.00. The summed E-state index contributed by atoms with van der Waals surface area (Å²) in [6.07, 6.45) is 0. The van der Waals surface area contributed by atoms with E-state index in [1.54, 1.807) is 0 Å². The minimum absolute atomic E-state index is 0.646. The van der Waals surface area contributed by atoms with Crippen molar-refractivity contribution in [3.8, 4) is 45.3 Å². The molecule has 0 aliphatic carbocycles. The molecule has 6 aromatic carbocycles. The summed E-state index contributed by atoms with van der Waals surface area (Å²) in [6.45, 7) is 0. The largest absolute Gasteiger partial charge is 0.456 e. The first kappa shape index (κ1) is 23.3. The molecule has 2 heterocycles. The Morgan fingerprint density at radius 1 is 0.390 bits per heavy atom. The maximum absolute atomic E-state index is 6.18. The van der Waals surface area contributed by atoms with Gasteiger partial charge in [0.15, 0.2) is 17.5 Å². The first-order chi connectivity index (χ1) is 20.3. The molecule has 0 unspecified atom stereocenters. The second-order valence-corrected chi connectivity index (χ2v) is 10.1. The number of hydrogen-bond acceptors (Lipinski definition) is 4. The van der Waals surface area contributed by atoms with Crippen molar-refractivity contribution in [2.45, 2.75) is 0 Å². The highest BCUT2D eigenvalue weighted by Crippen LogP contribution is 2.39. The quantitative estimate of drug-likeness (QED) is 0.230. The highest BCUT2D eigenvalue weighted by atomic mass is 16.3. The molecule has 0 saturated heterocycles. The van der Waals surface area contributed by atoms with Crippen LogP contribution in [0.5, 0.6) is 0 Å². The van der Waals surface area contributed by atoms with Gasteiger partial charge in [-0.25, -0.2) is 15.0 Å². The zero-order valence-electron chi connectivity index (χ0n) is 22.0. The lowest BCUT2D eigenvalue weighted by molar-refractivity contribution is 0.669. The summed E-state index contributed by atoms with van der Waals surface area (Å²) in [5.74, 6) is 1.95. The van der Waals surface area contributed by atoms with E-state index in [2.05, 4.69) is 60.7 Å². The molecule has 8 aromatic rings. The predicted molar refractivity (Wildman–Crippen MR) is 166 cm³/mol. The Kier molecular flexibility index (Phi) is 5.42. The number of rotatable bonds is 4. The van der Waals surface area contributed by atoms with Crippen LogP contribution < -0.4 is 0 Å². The van der Waals surface area contributed by atoms with E-state index in [1.165, 1.54) is 0 Å². The third kappa shape index (κ3) is 4.05. The second kappa shape index (κ2) is 9.54. The smallest absolute Gasteiger partial charge is 0.164 e. The Hall–Kier alpha value is -5.61. The first-order valence-corrected chi connectivity index (χ1v) is 13.6. The van der Waals surface area contributed by atoms with E-state index in [0.717, 1.165) is 60.5 Å². The van der Waals surface area contributed by atoms with Crippen LogP contribution in [0.15, 0.2) is 144 Å². The Labute approximate surface area is 236 Å². The van der Waals surface area contributed by atoms with Crippen LogP contribution in [0.25, 0.3) is 78.0 Å². The number of nitrogens with zero attached hydrogens (tertiary/aromatic N) is 3. The highest BCUT2D eigenvalue weighted by molar-refractivity contribution is 6.13. The van der Waals surface area contributed by atoms with Crippen molar-refractivity contribution < 1.29 is 4.42 Å². The van der Waals surface area contributed by atoms with E-state index < -0.39 is 0 Å². The lowest BCUT2D eigenvalue weighted by atomic mass is 9.95. The molecule has 0 spiro atoms. The van der Waals surface area contributed by atoms with Gasteiger partial charge >= 0.3 is 0 Å². The Morgan fingerprint density at radius 2 is 1.00 bits per heavy atom. The Bertz CT molecular complexity index is 2140. The number of benzene rings is 6. The minimum Gasteiger partial charge on any atom is -0.456 e. The summed E-state index contributed by atoms with van der Waals surface area (Å²) in [4.78, 5) is 14.9. The third-order valence-electron chi connectivity index (χ3n) is 7.54. The van der Waals surface area contributed by atoms with Crippen molar-refractivity contribution in [1.29, 1.82) is 0 Å². The molecular weight excluding hydrogens is 502 g/mol. The maximum atomic E-state index is 6.18. The Morgan fingerprint density at radius 3 is 1.76 bits per heavy atom. The summed E-state index contributed by atoms with van der Waals surface area (Å²) >= 11 is 0. The van der Waals surface area contributed by atoms with Gasteiger partial charge in [0.2, 0.25) is 0 Å². The summed E-state index contributed by atoms with van der Waals surface area (Å²) in [5, 5.41) is 4.44. The third-order valence-corrected chi connectivity index (χ3v) is 7.54. The molecule has 0 bridgehead atoms. The molecule has 0 aliphatic rings. The monoisotopic (exact) mass is 525 g/mol. The molecule has 0 aliphatic heterocycles. The topological polar surface area (TPSA) is 51.8 Å². The summed E-state index contributed by atoms with van der Waals surface area (Å²) in [5.41, 5.74) is 6.89. The molecule has 0 radical (unpaired) electrons. The summed E-state index contributed by atoms with van der Waals surface area (Å²) < 4.78 is 6.18. The number of para-hydroxylation sites is 1. The van der Waals surface area contributed by atoms with Crippen LogP contribution in [0.4, 0.5) is 0 Å². The van der Waals surface area contributed by atoms with Crippen LogP contribution >= 0.6 is 0 Å². The van der Waals surface area contributed by atoms with Crippen LogP contribution in [0.3, 0.4) is 0 Å². The zero-order valence-corrected chi connectivity index (χ0v) is 22.0. The van der Waals surface area contributed by atoms with E-state index in [1.807, 2.05) is 78.9 Å². The van der Waals surface area contributed by atoms with Gasteiger partial charge in [-0.1, -0.05) is 121 Å². The maximum Gasteiger partial charge on any atom is 0.164 e. The van der Waals surface area contributed by atoms with Gasteiger partial charge in [0, 0.05) is 27.5 Å². The number of furan rings is 1. The van der Waals surface area contributed by atoms with Crippen molar-refractivity contribution in [2.24, 2.45) is 0 Å². The molecule has 0 atom stereocenters. The van der Waals surface area contributed by atoms with Gasteiger partial charge in [-0.2, -0.15) is 0 Å². The van der Waals surface area contributed by atoms with Gasteiger partial charge in [0.05, 0.1) is 0 Å². The molecule has 41 heavy (non-hydrogen) atoms. The average molecular weight is 526 g/mol. The summed E-state index contributed by atoms with van der Waals surface area (Å²) in [6, 6.07) is 47.5. The number of aromatic nitrogens is 3. The van der Waals surface area contributed by atoms with Crippen molar-refractivity contribution in [3.05, 3.63) is 140 Å². The standard InChI is InChI=1S/C37H23N3O/c1-3-11-25(12-4-1)35-38-36(26-13-5-2-6-14-26)40-37(39-35)29-18-9-15-24-21-22-27(23-31(24)29)28-17-10-20-33-34(28)30-16-7-8-19-32(30)41-33/h1-23H. The van der Waals surface area contributed by atoms with Crippen molar-refractivity contribution in [3.63, 3.8) is 0 Å². The van der Waals surface area contributed by atoms with Crippen molar-refractivity contribution >= 4 is 32.7 Å². The van der Waals surface area contributed by atoms with E-state index in [-0.39, 0.29) is 0 Å². The SMILES string of the molecule is c1ccc(-c2nc(-c3ccccc3)nc(-c3cccc4ccc(-c5cccc6oc7ccccc7c56)cc34)n2)cc1. The van der Waals surface area contributed by atoms with Gasteiger partial charge in [-0.05, 0) is 40.1 Å². The summed E-state index contributed by atoms with van der Waals surface area (Å²) in [7, 11) is 0. The van der Waals surface area contributed by atoms with Gasteiger partial charge in [-0.3, -0.25) is 0 Å². The lowest BCUT2D eigenvalue weighted by Gasteiger charge is -2.12. The molecule has 0 amide bonds. The van der Waals surface area contributed by atoms with E-state index in [0.29, 0.717) is 17.5 Å². The fourth-order valence-corrected chi connectivity index (χ4v) is 5.58. The van der Waals surface area contributed by atoms with Gasteiger partial charge in [0.1, 0.15) is 11.2 Å². The van der Waals surface area contributed by atoms with E-state index in [4.69, 9.17) is 19.4 Å². The normalized spacial score (nSPS) is 11.4. The highest BCUT2D eigenvalue weighted by Gasteiger charge is 2.16. The molecule has 0 saturated carbocycles. The minimum atomic E-state index is 0.646. The van der Waals surface area contributed by atoms with Crippen LogP contribution in [0, 0.1) is 0 Å². The Balaban J connectivity index is 1.36. The molecule has 2 aromatic heterocycles. The van der Waals surface area contributed by atoms with Crippen LogP contribution in [-0.4, -0.2) is 15.0 Å². The van der Waals surface area contributed by atoms with E-state index in [9.17, 15) is 0 Å². The second-order valence-electron chi connectivity index (χ2n) is 10.1. The fraction of sp³-hybridized carbons (Fsp3) is 0. The van der Waals surface area contributed by atoms with Crippen molar-refractivity contribution in [1.82, 2.24) is 15.0 Å². The average Bonchev–Trinajstić information content (AvgIpc) is 3.44. The first-order valence-electron chi connectivity index (χ1n) is 13.6. The fourth-order valence-electron chi connectivity index (χ4n) is 5.58. The molecule has 4 heteroatoms. The van der Waals surface area contributed by atoms with Gasteiger partial charge < -0.3 is 4.42 Å². The molecule has 8 rings (SSSR count). The van der Waals surface area contributed by atoms with Crippen molar-refractivity contribution in [2.75, 3.05) is 0 Å². The molecule has 192 valence electrons. The van der Waals surface area contributed by atoms with Gasteiger partial charge in [0.25, 0.3) is 0 Å². The molecule has 0 N–H and O–H groups in total. The predicted octanol–water partition coefficient (Wildman–Crippen LogP) is 9.59. The zero-order chi connectivity index (χ0) is 27.2. The van der Waals surface area contributed by atoms with Crippen LogP contribution in [0.1, 0.15) is 0 Å². The number of hydrogen-bond donors (Lipinski definition) is 0. The van der Waals surface area contributed by atoms with Gasteiger partial charge in [-0.15, -0.1) is 0 Å². The van der Waals surface area contributed by atoms with Crippen LogP contribution in [-0.2, 0) is 0 Å². The molecule has 4 nitrogen and oxygen atoms in total. The van der Waals surface area contributed by atoms with E-state index >= 15 is 0 Å². The molecule has 0 fully saturated rings. The van der Waals surface area contributed by atoms with Crippen LogP contribution in [0.2, 0.25) is 0 Å². The number of fused-ring (bicyclic) bond motifs is 4.